The summed E-state index contributed by atoms with van der Waals surface area (Å²) in [6.45, 7) is 9.12. The van der Waals surface area contributed by atoms with Gasteiger partial charge in [-0.15, -0.1) is 0 Å². The maximum absolute atomic E-state index is 8.34. The first-order chi connectivity index (χ1) is 15.5. The van der Waals surface area contributed by atoms with Crippen LogP contribution in [0.5, 0.6) is 0 Å². The van der Waals surface area contributed by atoms with Crippen molar-refractivity contribution in [3.05, 3.63) is 64.8 Å². The molecule has 170 valence electrons. The van der Waals surface area contributed by atoms with Crippen molar-refractivity contribution < 1.29 is 4.74 Å². The van der Waals surface area contributed by atoms with Crippen LogP contribution in [0.15, 0.2) is 47.5 Å². The van der Waals surface area contributed by atoms with Gasteiger partial charge in [-0.25, -0.2) is 0 Å². The van der Waals surface area contributed by atoms with E-state index in [-0.39, 0.29) is 0 Å². The Morgan fingerprint density at radius 2 is 1.88 bits per heavy atom. The number of aromatic nitrogens is 2. The first kappa shape index (κ1) is 22.5. The lowest BCUT2D eigenvalue weighted by Crippen LogP contribution is -2.60. The summed E-state index contributed by atoms with van der Waals surface area (Å²) in [5, 5.41) is 8.34. The number of fused-ring (bicyclic) bond motifs is 1. The van der Waals surface area contributed by atoms with Crippen LogP contribution in [0, 0.1) is 12.3 Å². The van der Waals surface area contributed by atoms with Gasteiger partial charge < -0.3 is 9.30 Å². The fourth-order valence-corrected chi connectivity index (χ4v) is 4.96. The van der Waals surface area contributed by atoms with E-state index in [0.29, 0.717) is 17.6 Å². The Hall–Kier alpha value is -2.70. The second-order valence-electron chi connectivity index (χ2n) is 8.85. The van der Waals surface area contributed by atoms with Crippen molar-refractivity contribution in [1.29, 1.82) is 5.41 Å². The number of aliphatic imine (C=N–C) groups is 1. The SMILES string of the molecule is CCCC1C(OC)CN1Cc1cccc(Cn2c(C)cc3c2ccc(=N)n3C(C)=NC)c1. The first-order valence-corrected chi connectivity index (χ1v) is 11.5. The van der Waals surface area contributed by atoms with E-state index in [9.17, 15) is 0 Å². The van der Waals surface area contributed by atoms with E-state index in [0.717, 1.165) is 36.5 Å². The van der Waals surface area contributed by atoms with E-state index in [1.165, 1.54) is 29.7 Å². The molecular formula is C26H35N5O. The zero-order chi connectivity index (χ0) is 22.8. The van der Waals surface area contributed by atoms with Crippen LogP contribution in [0.4, 0.5) is 0 Å². The van der Waals surface area contributed by atoms with E-state index in [1.54, 1.807) is 7.05 Å². The van der Waals surface area contributed by atoms with Crippen LogP contribution in [-0.4, -0.2) is 52.7 Å². The highest BCUT2D eigenvalue weighted by molar-refractivity contribution is 5.92. The van der Waals surface area contributed by atoms with Gasteiger partial charge in [-0.3, -0.25) is 19.9 Å². The van der Waals surface area contributed by atoms with Crippen LogP contribution in [-0.2, 0) is 17.8 Å². The van der Waals surface area contributed by atoms with Gasteiger partial charge in [-0.1, -0.05) is 37.6 Å². The largest absolute Gasteiger partial charge is 0.378 e. The number of ether oxygens (including phenoxy) is 1. The topological polar surface area (TPSA) is 58.5 Å². The van der Waals surface area contributed by atoms with Crippen LogP contribution in [0.1, 0.15) is 43.5 Å². The molecule has 32 heavy (non-hydrogen) atoms. The molecule has 6 nitrogen and oxygen atoms in total. The number of benzene rings is 1. The second kappa shape index (κ2) is 9.43. The van der Waals surface area contributed by atoms with Gasteiger partial charge in [0.25, 0.3) is 0 Å². The first-order valence-electron chi connectivity index (χ1n) is 11.5. The summed E-state index contributed by atoms with van der Waals surface area (Å²) < 4.78 is 9.89. The highest BCUT2D eigenvalue weighted by Gasteiger charge is 2.37. The molecule has 1 N–H and O–H groups in total. The number of hydrogen-bond acceptors (Lipinski definition) is 4. The zero-order valence-corrected chi connectivity index (χ0v) is 19.9. The van der Waals surface area contributed by atoms with Gasteiger partial charge >= 0.3 is 0 Å². The molecule has 0 radical (unpaired) electrons. The molecule has 0 aliphatic carbocycles. The third-order valence-electron chi connectivity index (χ3n) is 6.77. The summed E-state index contributed by atoms with van der Waals surface area (Å²) in [5.41, 5.74) is 6.43. The third kappa shape index (κ3) is 4.17. The molecule has 0 amide bonds. The molecule has 1 aliphatic rings. The molecule has 3 heterocycles. The minimum Gasteiger partial charge on any atom is -0.378 e. The van der Waals surface area contributed by atoms with Crippen molar-refractivity contribution in [2.75, 3.05) is 20.7 Å². The van der Waals surface area contributed by atoms with Crippen LogP contribution in [0.2, 0.25) is 0 Å². The third-order valence-corrected chi connectivity index (χ3v) is 6.77. The molecule has 1 aliphatic heterocycles. The Labute approximate surface area is 190 Å². The molecule has 0 saturated carbocycles. The second-order valence-corrected chi connectivity index (χ2v) is 8.85. The fourth-order valence-electron chi connectivity index (χ4n) is 4.96. The number of rotatable bonds is 7. The molecule has 0 spiro atoms. The van der Waals surface area contributed by atoms with Crippen LogP contribution < -0.4 is 5.49 Å². The Bertz CT molecular complexity index is 1190. The highest BCUT2D eigenvalue weighted by atomic mass is 16.5. The molecule has 1 aromatic carbocycles. The lowest BCUT2D eigenvalue weighted by atomic mass is 9.93. The van der Waals surface area contributed by atoms with E-state index < -0.39 is 0 Å². The number of pyridine rings is 1. The van der Waals surface area contributed by atoms with Gasteiger partial charge in [-0.2, -0.15) is 0 Å². The molecule has 1 saturated heterocycles. The predicted octanol–water partition coefficient (Wildman–Crippen LogP) is 4.17. The van der Waals surface area contributed by atoms with Crippen molar-refractivity contribution in [2.24, 2.45) is 4.99 Å². The predicted molar refractivity (Wildman–Crippen MR) is 130 cm³/mol. The molecule has 1 fully saturated rings. The zero-order valence-electron chi connectivity index (χ0n) is 19.9. The van der Waals surface area contributed by atoms with E-state index in [2.05, 4.69) is 58.6 Å². The fraction of sp³-hybridized carbons (Fsp3) is 0.462. The lowest BCUT2D eigenvalue weighted by Gasteiger charge is -2.47. The standard InChI is InChI=1S/C26H35N5O/c1-6-8-23-25(32-5)17-29(23)15-20-9-7-10-21(14-20)16-30-18(2)13-24-22(30)11-12-26(27)31(24)19(3)28-4/h7,9-14,23,25,27H,6,8,15-17H2,1-5H3. The summed E-state index contributed by atoms with van der Waals surface area (Å²) in [6.07, 6.45) is 2.74. The molecule has 6 heteroatoms. The number of methoxy groups -OCH3 is 1. The monoisotopic (exact) mass is 433 g/mol. The molecule has 4 rings (SSSR count). The molecule has 2 aromatic heterocycles. The van der Waals surface area contributed by atoms with Gasteiger partial charge in [0.05, 0.1) is 17.1 Å². The maximum Gasteiger partial charge on any atom is 0.130 e. The average Bonchev–Trinajstić information content (AvgIpc) is 3.09. The lowest BCUT2D eigenvalue weighted by molar-refractivity contribution is -0.0921. The van der Waals surface area contributed by atoms with Crippen LogP contribution in [0.3, 0.4) is 0 Å². The van der Waals surface area contributed by atoms with Crippen molar-refractivity contribution in [2.45, 2.75) is 58.8 Å². The van der Waals surface area contributed by atoms with Crippen LogP contribution in [0.25, 0.3) is 11.0 Å². The number of hydrogen-bond donors (Lipinski definition) is 1. The Morgan fingerprint density at radius 3 is 2.56 bits per heavy atom. The van der Waals surface area contributed by atoms with Crippen LogP contribution >= 0.6 is 0 Å². The van der Waals surface area contributed by atoms with E-state index in [1.807, 2.05) is 30.7 Å². The van der Waals surface area contributed by atoms with Gasteiger partial charge in [0.15, 0.2) is 0 Å². The Balaban J connectivity index is 1.59. The van der Waals surface area contributed by atoms with Gasteiger partial charge in [0, 0.05) is 45.5 Å². The minimum atomic E-state index is 0.371. The molecule has 2 atom stereocenters. The normalized spacial score (nSPS) is 19.5. The van der Waals surface area contributed by atoms with E-state index >= 15 is 0 Å². The summed E-state index contributed by atoms with van der Waals surface area (Å²) in [5.74, 6) is 0.824. The Kier molecular flexibility index (Phi) is 6.63. The van der Waals surface area contributed by atoms with Crippen molar-refractivity contribution in [3.8, 4) is 0 Å². The maximum atomic E-state index is 8.34. The number of nitrogens with zero attached hydrogens (tertiary/aromatic N) is 4. The van der Waals surface area contributed by atoms with Gasteiger partial charge in [0.2, 0.25) is 0 Å². The van der Waals surface area contributed by atoms with Crippen molar-refractivity contribution in [3.63, 3.8) is 0 Å². The Morgan fingerprint density at radius 1 is 1.12 bits per heavy atom. The minimum absolute atomic E-state index is 0.371. The van der Waals surface area contributed by atoms with Crippen molar-refractivity contribution >= 4 is 16.9 Å². The summed E-state index contributed by atoms with van der Waals surface area (Å²) >= 11 is 0. The number of likely N-dealkylation sites (tertiary alicyclic amines) is 1. The highest BCUT2D eigenvalue weighted by Crippen LogP contribution is 2.27. The molecular weight excluding hydrogens is 398 g/mol. The average molecular weight is 434 g/mol. The molecule has 3 aromatic rings. The van der Waals surface area contributed by atoms with Gasteiger partial charge in [0.1, 0.15) is 11.3 Å². The van der Waals surface area contributed by atoms with E-state index in [4.69, 9.17) is 10.1 Å². The summed E-state index contributed by atoms with van der Waals surface area (Å²) in [4.78, 5) is 6.85. The summed E-state index contributed by atoms with van der Waals surface area (Å²) in [7, 11) is 3.60. The quantitative estimate of drug-likeness (QED) is 0.449. The summed E-state index contributed by atoms with van der Waals surface area (Å²) in [6, 6.07) is 15.5. The number of aryl methyl sites for hydroxylation is 1. The molecule has 2 unspecified atom stereocenters. The smallest absolute Gasteiger partial charge is 0.130 e. The van der Waals surface area contributed by atoms with Crippen molar-refractivity contribution in [1.82, 2.24) is 14.0 Å². The number of nitrogens with one attached hydrogen (secondary N) is 1. The van der Waals surface area contributed by atoms with Gasteiger partial charge in [-0.05, 0) is 49.6 Å². The molecule has 0 bridgehead atoms.